The number of nitrogens with two attached hydrogens (primary N) is 2. The molecular weight excluding hydrogens is 775 g/mol. The van der Waals surface area contributed by atoms with Gasteiger partial charge in [0.25, 0.3) is 5.91 Å². The number of fused-ring (bicyclic) bond motifs is 1. The second kappa shape index (κ2) is 18.7. The highest BCUT2D eigenvalue weighted by Crippen LogP contribution is 2.28. The van der Waals surface area contributed by atoms with Gasteiger partial charge in [-0.1, -0.05) is 78.0 Å². The number of hydrogen-bond acceptors (Lipinski definition) is 10. The van der Waals surface area contributed by atoms with Gasteiger partial charge >= 0.3 is 6.09 Å². The average Bonchev–Trinajstić information content (AvgIpc) is 3.97. The first-order chi connectivity index (χ1) is 29.4. The number of aryl methyl sites for hydroxylation is 4. The molecule has 7 rings (SSSR count). The maximum atomic E-state index is 14.7. The number of rotatable bonds is 17. The molecule has 4 aromatic carbocycles. The smallest absolute Gasteiger partial charge is 0.405 e. The van der Waals surface area contributed by atoms with Gasteiger partial charge in [0.2, 0.25) is 11.8 Å². The van der Waals surface area contributed by atoms with Crippen molar-refractivity contribution in [2.45, 2.75) is 70.7 Å². The Morgan fingerprint density at radius 3 is 2.31 bits per heavy atom. The predicted molar refractivity (Wildman–Crippen MR) is 230 cm³/mol. The van der Waals surface area contributed by atoms with Crippen LogP contribution in [0.5, 0.6) is 5.75 Å². The van der Waals surface area contributed by atoms with Crippen molar-refractivity contribution in [3.05, 3.63) is 149 Å². The summed E-state index contributed by atoms with van der Waals surface area (Å²) in [5.74, 6) is -0.262. The summed E-state index contributed by atoms with van der Waals surface area (Å²) >= 11 is 0. The summed E-state index contributed by atoms with van der Waals surface area (Å²) in [5, 5.41) is 21.6. The minimum Gasteiger partial charge on any atom is -0.508 e. The molecule has 0 spiro atoms. The molecular formula is C46H49N9O6. The monoisotopic (exact) mass is 823 g/mol. The van der Waals surface area contributed by atoms with E-state index in [1.165, 1.54) is 0 Å². The Labute approximate surface area is 352 Å². The first-order valence-corrected chi connectivity index (χ1v) is 20.0. The normalized spacial score (nSPS) is 12.8. The SMILES string of the molecule is Cc1cc(O)cc(C)c1CC(NC(=O)C(CCCn1ccnc1N)OC(N)=O)C(=O)N[C@@H](Cc1cn(C)c2ccccc12)c1nc(Cc2ccc(-c3ccccc3)cc2)no1. The predicted octanol–water partition coefficient (Wildman–Crippen LogP) is 5.99. The first kappa shape index (κ1) is 41.7. The topological polar surface area (TPSA) is 218 Å². The third-order valence-electron chi connectivity index (χ3n) is 10.8. The quantitative estimate of drug-likeness (QED) is 0.0722. The number of anilines is 1. The van der Waals surface area contributed by atoms with Crippen LogP contribution in [0.1, 0.15) is 58.4 Å². The number of primary amides is 1. The van der Waals surface area contributed by atoms with Gasteiger partial charge in [0.05, 0.1) is 0 Å². The molecule has 3 aromatic heterocycles. The Morgan fingerprint density at radius 1 is 0.902 bits per heavy atom. The molecule has 0 aliphatic rings. The number of carbonyl (C=O) groups excluding carboxylic acids is 3. The van der Waals surface area contributed by atoms with Gasteiger partial charge in [-0.15, -0.1) is 0 Å². The number of nitrogens with zero attached hydrogens (tertiary/aromatic N) is 5. The number of ether oxygens (including phenoxy) is 1. The number of imidazole rings is 1. The van der Waals surface area contributed by atoms with Crippen molar-refractivity contribution >= 4 is 34.8 Å². The summed E-state index contributed by atoms with van der Waals surface area (Å²) in [6.07, 6.45) is 3.98. The second-order valence-electron chi connectivity index (χ2n) is 15.2. The van der Waals surface area contributed by atoms with Crippen LogP contribution in [0.15, 0.2) is 114 Å². The number of phenolic OH excluding ortho intramolecular Hbond substituents is 1. The van der Waals surface area contributed by atoms with Crippen molar-refractivity contribution in [2.75, 3.05) is 5.73 Å². The van der Waals surface area contributed by atoms with Crippen LogP contribution in [0.2, 0.25) is 0 Å². The number of benzene rings is 4. The minimum atomic E-state index is -1.31. The molecule has 15 nitrogen and oxygen atoms in total. The molecule has 2 unspecified atom stereocenters. The maximum Gasteiger partial charge on any atom is 0.405 e. The van der Waals surface area contributed by atoms with Crippen molar-refractivity contribution in [3.63, 3.8) is 0 Å². The van der Waals surface area contributed by atoms with E-state index in [2.05, 4.69) is 45.0 Å². The lowest BCUT2D eigenvalue weighted by Crippen LogP contribution is -2.52. The minimum absolute atomic E-state index is 0.0411. The molecule has 0 radical (unpaired) electrons. The summed E-state index contributed by atoms with van der Waals surface area (Å²) in [4.78, 5) is 49.5. The maximum absolute atomic E-state index is 14.7. The molecule has 0 saturated heterocycles. The fourth-order valence-electron chi connectivity index (χ4n) is 7.72. The second-order valence-corrected chi connectivity index (χ2v) is 15.2. The zero-order chi connectivity index (χ0) is 43.0. The molecule has 0 saturated carbocycles. The van der Waals surface area contributed by atoms with Gasteiger partial charge in [-0.25, -0.2) is 9.78 Å². The summed E-state index contributed by atoms with van der Waals surface area (Å²) in [6, 6.07) is 27.4. The van der Waals surface area contributed by atoms with E-state index in [9.17, 15) is 19.5 Å². The van der Waals surface area contributed by atoms with Gasteiger partial charge in [-0.3, -0.25) is 9.59 Å². The number of phenols is 1. The van der Waals surface area contributed by atoms with Crippen LogP contribution in [-0.4, -0.2) is 59.4 Å². The number of para-hydroxylation sites is 1. The van der Waals surface area contributed by atoms with Crippen LogP contribution in [0.3, 0.4) is 0 Å². The van der Waals surface area contributed by atoms with E-state index in [-0.39, 0.29) is 30.9 Å². The zero-order valence-electron chi connectivity index (χ0n) is 34.2. The molecule has 15 heteroatoms. The van der Waals surface area contributed by atoms with Gasteiger partial charge in [0.1, 0.15) is 17.8 Å². The fraction of sp³-hybridized carbons (Fsp3) is 0.261. The summed E-state index contributed by atoms with van der Waals surface area (Å²) in [6.45, 7) is 4.03. The highest BCUT2D eigenvalue weighted by atomic mass is 16.6. The van der Waals surface area contributed by atoms with Crippen LogP contribution in [0.25, 0.3) is 22.0 Å². The Bertz CT molecular complexity index is 2610. The molecule has 314 valence electrons. The van der Waals surface area contributed by atoms with Crippen LogP contribution in [0.4, 0.5) is 10.7 Å². The number of nitrogens with one attached hydrogen (secondary N) is 2. The third kappa shape index (κ3) is 10.2. The van der Waals surface area contributed by atoms with Crippen LogP contribution < -0.4 is 22.1 Å². The van der Waals surface area contributed by atoms with Gasteiger partial charge in [-0.2, -0.15) is 4.98 Å². The van der Waals surface area contributed by atoms with E-state index < -0.39 is 36.1 Å². The molecule has 0 aliphatic heterocycles. The van der Waals surface area contributed by atoms with Crippen molar-refractivity contribution in [3.8, 4) is 16.9 Å². The molecule has 0 bridgehead atoms. The molecule has 0 aliphatic carbocycles. The van der Waals surface area contributed by atoms with Gasteiger partial charge in [-0.05, 0) is 83.8 Å². The largest absolute Gasteiger partial charge is 0.508 e. The molecule has 3 heterocycles. The van der Waals surface area contributed by atoms with Crippen LogP contribution in [-0.2, 0) is 47.2 Å². The standard InChI is InChI=1S/C46H49N9O6/c1-28-22-34(56)23-29(2)36(28)26-37(50-43(58)40(60-46(48)59)14-9-20-55-21-19-49-45(55)47)42(57)51-38(25-33-27-54(3)39-13-8-7-12-35(33)39)44-52-41(53-61-44)24-30-15-17-32(18-16-30)31-10-5-4-6-11-31/h4-8,10-13,15-19,21-23,27,37-38,40,56H,9,14,20,24-26H2,1-3H3,(H2,47,49)(H2,48,59)(H,50,58)(H,51,57)/t37?,38-,40?/m0/s1. The Balaban J connectivity index is 1.17. The fourth-order valence-corrected chi connectivity index (χ4v) is 7.72. The van der Waals surface area contributed by atoms with Gasteiger partial charge < -0.3 is 45.6 Å². The lowest BCUT2D eigenvalue weighted by atomic mass is 9.95. The average molecular weight is 824 g/mol. The van der Waals surface area contributed by atoms with Crippen molar-refractivity contribution in [1.82, 2.24) is 34.9 Å². The van der Waals surface area contributed by atoms with Crippen molar-refractivity contribution < 1.29 is 28.8 Å². The molecule has 3 atom stereocenters. The molecule has 0 fully saturated rings. The lowest BCUT2D eigenvalue weighted by molar-refractivity contribution is -0.134. The number of hydrogen-bond donors (Lipinski definition) is 5. The van der Waals surface area contributed by atoms with Crippen LogP contribution >= 0.6 is 0 Å². The highest BCUT2D eigenvalue weighted by Gasteiger charge is 2.32. The van der Waals surface area contributed by atoms with E-state index in [0.717, 1.165) is 49.8 Å². The lowest BCUT2D eigenvalue weighted by Gasteiger charge is -2.25. The Hall–Kier alpha value is -7.42. The van der Waals surface area contributed by atoms with E-state index in [4.69, 9.17) is 25.7 Å². The van der Waals surface area contributed by atoms with Gasteiger partial charge in [0, 0.05) is 62.3 Å². The van der Waals surface area contributed by atoms with E-state index in [1.807, 2.05) is 86.3 Å². The number of aromatic hydroxyl groups is 1. The summed E-state index contributed by atoms with van der Waals surface area (Å²) in [5.41, 5.74) is 18.6. The number of nitrogen functional groups attached to an aromatic ring is 1. The number of amides is 3. The summed E-state index contributed by atoms with van der Waals surface area (Å²) in [7, 11) is 1.95. The Kier molecular flexibility index (Phi) is 12.8. The summed E-state index contributed by atoms with van der Waals surface area (Å²) < 4.78 is 14.9. The van der Waals surface area contributed by atoms with Crippen molar-refractivity contribution in [2.24, 2.45) is 12.8 Å². The van der Waals surface area contributed by atoms with Crippen molar-refractivity contribution in [1.29, 1.82) is 0 Å². The van der Waals surface area contributed by atoms with E-state index in [0.29, 0.717) is 31.2 Å². The van der Waals surface area contributed by atoms with Gasteiger partial charge in [0.15, 0.2) is 17.9 Å². The number of aromatic nitrogens is 5. The van der Waals surface area contributed by atoms with Crippen LogP contribution in [0, 0.1) is 13.8 Å². The van der Waals surface area contributed by atoms with E-state index in [1.54, 1.807) is 29.1 Å². The molecule has 61 heavy (non-hydrogen) atoms. The first-order valence-electron chi connectivity index (χ1n) is 20.0. The highest BCUT2D eigenvalue weighted by molar-refractivity contribution is 5.91. The number of carbonyl (C=O) groups is 3. The van der Waals surface area contributed by atoms with E-state index >= 15 is 0 Å². The Morgan fingerprint density at radius 2 is 1.61 bits per heavy atom. The third-order valence-corrected chi connectivity index (χ3v) is 10.8. The zero-order valence-corrected chi connectivity index (χ0v) is 34.2. The molecule has 3 amide bonds. The molecule has 7 N–H and O–H groups in total. The molecule has 7 aromatic rings.